The molecule has 0 bridgehead atoms. The molecule has 0 aliphatic heterocycles. The van der Waals surface area contributed by atoms with Crippen LogP contribution >= 0.6 is 0 Å². The van der Waals surface area contributed by atoms with Crippen molar-refractivity contribution < 1.29 is 26.8 Å². The minimum Gasteiger partial charge on any atom is -0.392 e. The number of aliphatic hydroxyl groups excluding tert-OH is 1. The molecule has 2 N–H and O–H groups in total. The molecule has 0 radical (unpaired) electrons. The van der Waals surface area contributed by atoms with Crippen LogP contribution in [0.25, 0.3) is 0 Å². The van der Waals surface area contributed by atoms with E-state index in [1.807, 2.05) is 0 Å². The molecular weight excluding hydrogens is 306 g/mol. The summed E-state index contributed by atoms with van der Waals surface area (Å²) in [5, 5.41) is 12.5. The molecule has 0 saturated carbocycles. The molecule has 0 amide bonds. The molecule has 0 aliphatic rings. The monoisotopic (exact) mass is 318 g/mol. The van der Waals surface area contributed by atoms with Gasteiger partial charge < -0.3 is 9.63 Å². The van der Waals surface area contributed by atoms with E-state index < -0.39 is 33.2 Å². The van der Waals surface area contributed by atoms with E-state index in [9.17, 15) is 17.2 Å². The molecule has 6 nitrogen and oxygen atoms in total. The highest BCUT2D eigenvalue weighted by molar-refractivity contribution is 7.89. The van der Waals surface area contributed by atoms with Crippen molar-refractivity contribution in [2.45, 2.75) is 25.0 Å². The van der Waals surface area contributed by atoms with E-state index in [-0.39, 0.29) is 17.9 Å². The summed E-state index contributed by atoms with van der Waals surface area (Å²) in [6.45, 7) is 0.788. The van der Waals surface area contributed by atoms with Crippen molar-refractivity contribution in [3.63, 3.8) is 0 Å². The van der Waals surface area contributed by atoms with Crippen molar-refractivity contribution in [2.75, 3.05) is 0 Å². The number of hydrogen-bond donors (Lipinski definition) is 2. The number of aromatic nitrogens is 1. The molecule has 0 spiro atoms. The molecular formula is C12H12F2N2O4S. The fourth-order valence-electron chi connectivity index (χ4n) is 1.65. The topological polar surface area (TPSA) is 92.4 Å². The second-order valence-electron chi connectivity index (χ2n) is 4.31. The van der Waals surface area contributed by atoms with E-state index in [1.54, 1.807) is 6.92 Å². The number of hydrogen-bond acceptors (Lipinski definition) is 5. The van der Waals surface area contributed by atoms with Gasteiger partial charge >= 0.3 is 0 Å². The molecule has 9 heteroatoms. The van der Waals surface area contributed by atoms with Crippen LogP contribution in [0.2, 0.25) is 0 Å². The van der Waals surface area contributed by atoms with E-state index in [0.717, 1.165) is 12.1 Å². The van der Waals surface area contributed by atoms with Gasteiger partial charge in [-0.2, -0.15) is 0 Å². The third-order valence-corrected chi connectivity index (χ3v) is 4.04. The van der Waals surface area contributed by atoms with Gasteiger partial charge in [0.15, 0.2) is 17.4 Å². The number of nitrogens with zero attached hydrogens (tertiary/aromatic N) is 1. The van der Waals surface area contributed by atoms with Crippen molar-refractivity contribution in [2.24, 2.45) is 0 Å². The number of halogens is 2. The molecule has 2 aromatic rings. The van der Waals surface area contributed by atoms with Crippen LogP contribution in [0, 0.1) is 18.6 Å². The van der Waals surface area contributed by atoms with Gasteiger partial charge in [-0.3, -0.25) is 0 Å². The number of nitrogens with one attached hydrogen (secondary N) is 1. The highest BCUT2D eigenvalue weighted by atomic mass is 32.2. The average molecular weight is 318 g/mol. The van der Waals surface area contributed by atoms with Gasteiger partial charge in [0.1, 0.15) is 4.90 Å². The molecule has 1 aromatic carbocycles. The lowest BCUT2D eigenvalue weighted by Crippen LogP contribution is -2.24. The third kappa shape index (κ3) is 3.43. The molecule has 1 heterocycles. The smallest absolute Gasteiger partial charge is 0.244 e. The fourth-order valence-corrected chi connectivity index (χ4v) is 2.78. The summed E-state index contributed by atoms with van der Waals surface area (Å²) in [7, 11) is -4.30. The number of aryl methyl sites for hydroxylation is 1. The second-order valence-corrected chi connectivity index (χ2v) is 6.04. The lowest BCUT2D eigenvalue weighted by Gasteiger charge is -2.08. The predicted octanol–water partition coefficient (Wildman–Crippen LogP) is 1.23. The molecule has 0 fully saturated rings. The summed E-state index contributed by atoms with van der Waals surface area (Å²) in [4.78, 5) is -0.872. The molecule has 21 heavy (non-hydrogen) atoms. The lowest BCUT2D eigenvalue weighted by atomic mass is 10.2. The number of sulfonamides is 1. The largest absolute Gasteiger partial charge is 0.392 e. The summed E-state index contributed by atoms with van der Waals surface area (Å²) in [6.07, 6.45) is 0. The SMILES string of the molecule is Cc1cc(CNS(=O)(=O)c2cc(CO)cc(F)c2F)on1. The van der Waals surface area contributed by atoms with Crippen LogP contribution in [0.4, 0.5) is 8.78 Å². The Bertz CT molecular complexity index is 759. The highest BCUT2D eigenvalue weighted by Gasteiger charge is 2.23. The number of rotatable bonds is 5. The third-order valence-electron chi connectivity index (χ3n) is 2.64. The predicted molar refractivity (Wildman–Crippen MR) is 67.5 cm³/mol. The maximum atomic E-state index is 13.6. The average Bonchev–Trinajstić information content (AvgIpc) is 2.85. The van der Waals surface area contributed by atoms with Crippen molar-refractivity contribution in [1.82, 2.24) is 9.88 Å². The molecule has 2 rings (SSSR count). The zero-order valence-electron chi connectivity index (χ0n) is 10.9. The quantitative estimate of drug-likeness (QED) is 0.865. The van der Waals surface area contributed by atoms with E-state index in [0.29, 0.717) is 5.69 Å². The van der Waals surface area contributed by atoms with E-state index in [2.05, 4.69) is 9.88 Å². The Kier molecular flexibility index (Phi) is 4.35. The van der Waals surface area contributed by atoms with Crippen LogP contribution in [0.5, 0.6) is 0 Å². The first-order valence-electron chi connectivity index (χ1n) is 5.84. The molecule has 0 aliphatic carbocycles. The van der Waals surface area contributed by atoms with Gasteiger partial charge in [0.25, 0.3) is 0 Å². The lowest BCUT2D eigenvalue weighted by molar-refractivity contribution is 0.280. The number of aliphatic hydroxyl groups is 1. The first-order valence-corrected chi connectivity index (χ1v) is 7.32. The molecule has 1 aromatic heterocycles. The Morgan fingerprint density at radius 2 is 2.05 bits per heavy atom. The fraction of sp³-hybridized carbons (Fsp3) is 0.250. The summed E-state index contributed by atoms with van der Waals surface area (Å²) in [6, 6.07) is 3.10. The van der Waals surface area contributed by atoms with Crippen LogP contribution in [0.3, 0.4) is 0 Å². The number of benzene rings is 1. The molecule has 0 atom stereocenters. The van der Waals surface area contributed by atoms with Gasteiger partial charge in [-0.15, -0.1) is 0 Å². The Hall–Kier alpha value is -1.84. The minimum atomic E-state index is -4.30. The Morgan fingerprint density at radius 1 is 1.33 bits per heavy atom. The summed E-state index contributed by atoms with van der Waals surface area (Å²) < 4.78 is 57.8. The van der Waals surface area contributed by atoms with E-state index in [4.69, 9.17) is 9.63 Å². The zero-order valence-corrected chi connectivity index (χ0v) is 11.7. The van der Waals surface area contributed by atoms with Crippen molar-refractivity contribution in [3.05, 3.63) is 46.9 Å². The molecule has 114 valence electrons. The molecule has 0 saturated heterocycles. The van der Waals surface area contributed by atoms with E-state index in [1.165, 1.54) is 6.07 Å². The van der Waals surface area contributed by atoms with Crippen LogP contribution in [-0.2, 0) is 23.2 Å². The maximum absolute atomic E-state index is 13.6. The van der Waals surface area contributed by atoms with Crippen LogP contribution in [0.1, 0.15) is 17.0 Å². The van der Waals surface area contributed by atoms with Gasteiger partial charge in [0, 0.05) is 6.07 Å². The standard InChI is InChI=1S/C12H12F2N2O4S/c1-7-2-9(20-16-7)5-15-21(18,19)11-4-8(6-17)3-10(13)12(11)14/h2-4,15,17H,5-6H2,1H3. The highest BCUT2D eigenvalue weighted by Crippen LogP contribution is 2.20. The normalized spacial score (nSPS) is 11.8. The Balaban J connectivity index is 2.29. The van der Waals surface area contributed by atoms with Gasteiger partial charge in [-0.25, -0.2) is 21.9 Å². The summed E-state index contributed by atoms with van der Waals surface area (Å²) in [5.74, 6) is -2.62. The van der Waals surface area contributed by atoms with Crippen molar-refractivity contribution in [1.29, 1.82) is 0 Å². The van der Waals surface area contributed by atoms with Crippen LogP contribution in [-0.4, -0.2) is 18.7 Å². The van der Waals surface area contributed by atoms with E-state index >= 15 is 0 Å². The summed E-state index contributed by atoms with van der Waals surface area (Å²) in [5.41, 5.74) is 0.508. The van der Waals surface area contributed by atoms with Gasteiger partial charge in [-0.05, 0) is 24.6 Å². The van der Waals surface area contributed by atoms with Gasteiger partial charge in [0.2, 0.25) is 10.0 Å². The Morgan fingerprint density at radius 3 is 2.62 bits per heavy atom. The van der Waals surface area contributed by atoms with Crippen molar-refractivity contribution >= 4 is 10.0 Å². The van der Waals surface area contributed by atoms with Crippen LogP contribution < -0.4 is 4.72 Å². The first kappa shape index (κ1) is 15.5. The van der Waals surface area contributed by atoms with Crippen molar-refractivity contribution in [3.8, 4) is 0 Å². The van der Waals surface area contributed by atoms with Gasteiger partial charge in [-0.1, -0.05) is 5.16 Å². The van der Waals surface area contributed by atoms with Gasteiger partial charge in [0.05, 0.1) is 18.8 Å². The zero-order chi connectivity index (χ0) is 15.6. The maximum Gasteiger partial charge on any atom is 0.244 e. The Labute approximate surface area is 119 Å². The molecule has 0 unspecified atom stereocenters. The first-order chi connectivity index (χ1) is 9.83. The van der Waals surface area contributed by atoms with Crippen LogP contribution in [0.15, 0.2) is 27.6 Å². The summed E-state index contributed by atoms with van der Waals surface area (Å²) >= 11 is 0. The minimum absolute atomic E-state index is 0.0511. The second kappa shape index (κ2) is 5.88.